The summed E-state index contributed by atoms with van der Waals surface area (Å²) in [5.41, 5.74) is 0.716. The Hall–Kier alpha value is -1.29. The predicted molar refractivity (Wildman–Crippen MR) is 57.0 cm³/mol. The number of hydrogen-bond acceptors (Lipinski definition) is 2. The molecule has 0 saturated heterocycles. The Morgan fingerprint density at radius 3 is 2.67 bits per heavy atom. The largest absolute Gasteiger partial charge is 0.452 e. The van der Waals surface area contributed by atoms with Crippen LogP contribution in [-0.2, 0) is 4.74 Å². The number of carbonyl (C=O) groups is 1. The van der Waals surface area contributed by atoms with Crippen LogP contribution in [0, 0.1) is 12.7 Å². The molecule has 15 heavy (non-hydrogen) atoms. The van der Waals surface area contributed by atoms with Crippen molar-refractivity contribution in [3.05, 3.63) is 28.5 Å². The van der Waals surface area contributed by atoms with Gasteiger partial charge in [-0.1, -0.05) is 11.6 Å². The molecule has 1 amide bonds. The van der Waals surface area contributed by atoms with Crippen molar-refractivity contribution >= 4 is 23.4 Å². The van der Waals surface area contributed by atoms with Crippen molar-refractivity contribution in [2.24, 2.45) is 0 Å². The van der Waals surface area contributed by atoms with Gasteiger partial charge in [0.1, 0.15) is 5.82 Å². The van der Waals surface area contributed by atoms with Gasteiger partial charge >= 0.3 is 6.09 Å². The summed E-state index contributed by atoms with van der Waals surface area (Å²) >= 11 is 5.88. The quantitative estimate of drug-likeness (QED) is 0.744. The van der Waals surface area contributed by atoms with Crippen molar-refractivity contribution in [3.8, 4) is 0 Å². The van der Waals surface area contributed by atoms with E-state index in [1.54, 1.807) is 6.92 Å². The first-order chi connectivity index (χ1) is 6.97. The first-order valence-corrected chi connectivity index (χ1v) is 4.62. The van der Waals surface area contributed by atoms with Gasteiger partial charge in [-0.25, -0.2) is 9.18 Å². The predicted octanol–water partition coefficient (Wildman–Crippen LogP) is 2.99. The molecule has 1 rings (SSSR count). The van der Waals surface area contributed by atoms with Crippen LogP contribution in [0.15, 0.2) is 12.1 Å². The van der Waals surface area contributed by atoms with Gasteiger partial charge in [-0.05, 0) is 24.6 Å². The highest BCUT2D eigenvalue weighted by atomic mass is 35.5. The Labute approximate surface area is 92.4 Å². The second-order valence-corrected chi connectivity index (χ2v) is 3.49. The Kier molecular flexibility index (Phi) is 3.52. The van der Waals surface area contributed by atoms with E-state index in [1.165, 1.54) is 26.3 Å². The summed E-state index contributed by atoms with van der Waals surface area (Å²) in [4.78, 5) is 12.3. The molecule has 0 heterocycles. The number of anilines is 1. The van der Waals surface area contributed by atoms with E-state index in [9.17, 15) is 9.18 Å². The van der Waals surface area contributed by atoms with E-state index in [0.717, 1.165) is 4.90 Å². The highest BCUT2D eigenvalue weighted by molar-refractivity contribution is 6.33. The van der Waals surface area contributed by atoms with Crippen LogP contribution < -0.4 is 4.90 Å². The Bertz CT molecular complexity index is 395. The highest BCUT2D eigenvalue weighted by Crippen LogP contribution is 2.28. The second kappa shape index (κ2) is 4.49. The van der Waals surface area contributed by atoms with Crippen LogP contribution in [0.1, 0.15) is 5.56 Å². The molecule has 0 radical (unpaired) electrons. The third kappa shape index (κ3) is 2.39. The summed E-state index contributed by atoms with van der Waals surface area (Å²) < 4.78 is 17.7. The Morgan fingerprint density at radius 1 is 1.53 bits per heavy atom. The molecule has 0 aliphatic carbocycles. The van der Waals surface area contributed by atoms with Gasteiger partial charge in [-0.15, -0.1) is 0 Å². The van der Waals surface area contributed by atoms with E-state index in [0.29, 0.717) is 10.6 Å². The number of nitrogens with zero attached hydrogens (tertiary/aromatic N) is 1. The summed E-state index contributed by atoms with van der Waals surface area (Å²) in [5, 5.41) is 0.307. The lowest BCUT2D eigenvalue weighted by Gasteiger charge is -2.17. The third-order valence-electron chi connectivity index (χ3n) is 2.04. The monoisotopic (exact) mass is 231 g/mol. The summed E-state index contributed by atoms with van der Waals surface area (Å²) in [6, 6.07) is 2.67. The van der Waals surface area contributed by atoms with E-state index in [1.807, 2.05) is 0 Å². The Morgan fingerprint density at radius 2 is 2.13 bits per heavy atom. The van der Waals surface area contributed by atoms with E-state index in [-0.39, 0.29) is 5.69 Å². The third-order valence-corrected chi connectivity index (χ3v) is 2.34. The summed E-state index contributed by atoms with van der Waals surface area (Å²) in [5.74, 6) is -0.412. The molecular weight excluding hydrogens is 221 g/mol. The fourth-order valence-corrected chi connectivity index (χ4v) is 1.47. The standard InChI is InChI=1S/C10H11ClFNO2/c1-6-4-7(11)9(5-8(6)12)13(2)10(14)15-3/h4-5H,1-3H3. The lowest BCUT2D eigenvalue weighted by molar-refractivity contribution is 0.180. The number of carbonyl (C=O) groups excluding carboxylic acids is 1. The first-order valence-electron chi connectivity index (χ1n) is 4.24. The van der Waals surface area contributed by atoms with E-state index in [2.05, 4.69) is 4.74 Å². The van der Waals surface area contributed by atoms with Crippen LogP contribution in [0.25, 0.3) is 0 Å². The molecule has 0 aromatic heterocycles. The number of rotatable bonds is 1. The number of ether oxygens (including phenoxy) is 1. The molecule has 82 valence electrons. The number of hydrogen-bond donors (Lipinski definition) is 0. The van der Waals surface area contributed by atoms with Gasteiger partial charge in [-0.3, -0.25) is 4.90 Å². The molecule has 5 heteroatoms. The van der Waals surface area contributed by atoms with Gasteiger partial charge < -0.3 is 4.74 Å². The van der Waals surface area contributed by atoms with Crippen LogP contribution in [-0.4, -0.2) is 20.3 Å². The zero-order valence-corrected chi connectivity index (χ0v) is 9.43. The van der Waals surface area contributed by atoms with Crippen LogP contribution >= 0.6 is 11.6 Å². The molecule has 0 fully saturated rings. The van der Waals surface area contributed by atoms with Crippen LogP contribution in [0.3, 0.4) is 0 Å². The van der Waals surface area contributed by atoms with Crippen LogP contribution in [0.5, 0.6) is 0 Å². The van der Waals surface area contributed by atoms with E-state index >= 15 is 0 Å². The van der Waals surface area contributed by atoms with Crippen molar-refractivity contribution in [2.45, 2.75) is 6.92 Å². The zero-order valence-electron chi connectivity index (χ0n) is 8.67. The second-order valence-electron chi connectivity index (χ2n) is 3.08. The molecule has 0 spiro atoms. The minimum atomic E-state index is -0.597. The van der Waals surface area contributed by atoms with Gasteiger partial charge in [0, 0.05) is 7.05 Å². The fraction of sp³-hybridized carbons (Fsp3) is 0.300. The van der Waals surface area contributed by atoms with Crippen molar-refractivity contribution < 1.29 is 13.9 Å². The molecule has 1 aromatic carbocycles. The lowest BCUT2D eigenvalue weighted by Crippen LogP contribution is -2.26. The Balaban J connectivity index is 3.14. The average Bonchev–Trinajstić information content (AvgIpc) is 2.21. The van der Waals surface area contributed by atoms with Crippen LogP contribution in [0.4, 0.5) is 14.9 Å². The molecule has 0 N–H and O–H groups in total. The van der Waals surface area contributed by atoms with Gasteiger partial charge in [0.15, 0.2) is 0 Å². The SMILES string of the molecule is COC(=O)N(C)c1cc(F)c(C)cc1Cl. The minimum absolute atomic E-state index is 0.284. The molecule has 0 unspecified atom stereocenters. The molecule has 0 saturated carbocycles. The number of methoxy groups -OCH3 is 1. The number of aryl methyl sites for hydroxylation is 1. The smallest absolute Gasteiger partial charge is 0.413 e. The molecule has 1 aromatic rings. The first kappa shape index (κ1) is 11.8. The minimum Gasteiger partial charge on any atom is -0.452 e. The van der Waals surface area contributed by atoms with Crippen LogP contribution in [0.2, 0.25) is 5.02 Å². The summed E-state index contributed by atoms with van der Waals surface area (Å²) in [6.45, 7) is 1.60. The van der Waals surface area contributed by atoms with Gasteiger partial charge in [0.05, 0.1) is 17.8 Å². The maximum absolute atomic E-state index is 13.2. The number of amides is 1. The molecule has 0 atom stereocenters. The summed E-state index contributed by atoms with van der Waals surface area (Å²) in [7, 11) is 2.71. The van der Waals surface area contributed by atoms with Crippen molar-refractivity contribution in [3.63, 3.8) is 0 Å². The zero-order chi connectivity index (χ0) is 11.6. The number of halogens is 2. The van der Waals surface area contributed by atoms with Crippen molar-refractivity contribution in [2.75, 3.05) is 19.1 Å². The highest BCUT2D eigenvalue weighted by Gasteiger charge is 2.15. The topological polar surface area (TPSA) is 29.5 Å². The maximum Gasteiger partial charge on any atom is 0.413 e. The normalized spacial score (nSPS) is 9.93. The molecule has 3 nitrogen and oxygen atoms in total. The fourth-order valence-electron chi connectivity index (χ4n) is 1.13. The van der Waals surface area contributed by atoms with E-state index < -0.39 is 11.9 Å². The molecular formula is C10H11ClFNO2. The van der Waals surface area contributed by atoms with Crippen molar-refractivity contribution in [1.82, 2.24) is 0 Å². The average molecular weight is 232 g/mol. The maximum atomic E-state index is 13.2. The van der Waals surface area contributed by atoms with Gasteiger partial charge in [0.2, 0.25) is 0 Å². The molecule has 0 bridgehead atoms. The van der Waals surface area contributed by atoms with Crippen molar-refractivity contribution in [1.29, 1.82) is 0 Å². The molecule has 0 aliphatic rings. The molecule has 0 aliphatic heterocycles. The van der Waals surface area contributed by atoms with Gasteiger partial charge in [-0.2, -0.15) is 0 Å². The summed E-state index contributed by atoms with van der Waals surface area (Å²) in [6.07, 6.45) is -0.597. The van der Waals surface area contributed by atoms with Gasteiger partial charge in [0.25, 0.3) is 0 Å². The number of benzene rings is 1. The van der Waals surface area contributed by atoms with E-state index in [4.69, 9.17) is 11.6 Å². The lowest BCUT2D eigenvalue weighted by atomic mass is 10.2.